The number of allylic oxidation sites excluding steroid dienone is 1. The van der Waals surface area contributed by atoms with E-state index in [-0.39, 0.29) is 11.8 Å². The lowest BCUT2D eigenvalue weighted by Gasteiger charge is -2.38. The molecule has 0 radical (unpaired) electrons. The van der Waals surface area contributed by atoms with Crippen molar-refractivity contribution in [1.82, 2.24) is 4.90 Å². The van der Waals surface area contributed by atoms with Crippen LogP contribution in [0.25, 0.3) is 6.08 Å². The maximum Gasteiger partial charge on any atom is 0.205 e. The third-order valence-electron chi connectivity index (χ3n) is 5.81. The van der Waals surface area contributed by atoms with Crippen LogP contribution in [0.5, 0.6) is 0 Å². The summed E-state index contributed by atoms with van der Waals surface area (Å²) in [7, 11) is 0. The maximum absolute atomic E-state index is 9.89. The minimum Gasteiger partial charge on any atom is -0.440 e. The van der Waals surface area contributed by atoms with Gasteiger partial charge in [0.1, 0.15) is 17.4 Å². The van der Waals surface area contributed by atoms with E-state index in [0.717, 1.165) is 53.2 Å². The highest BCUT2D eigenvalue weighted by Gasteiger charge is 2.37. The first kappa shape index (κ1) is 20.0. The fourth-order valence-corrected chi connectivity index (χ4v) is 4.36. The van der Waals surface area contributed by atoms with Crippen molar-refractivity contribution in [3.8, 4) is 6.07 Å². The Labute approximate surface area is 178 Å². The largest absolute Gasteiger partial charge is 0.440 e. The third kappa shape index (κ3) is 3.77. The van der Waals surface area contributed by atoms with Gasteiger partial charge in [0.05, 0.1) is 5.92 Å². The number of nitrogens with two attached hydrogens (primary N) is 1. The van der Waals surface area contributed by atoms with Crippen LogP contribution in [0.1, 0.15) is 35.1 Å². The third-order valence-corrected chi connectivity index (χ3v) is 5.81. The smallest absolute Gasteiger partial charge is 0.205 e. The van der Waals surface area contributed by atoms with Crippen molar-refractivity contribution in [2.45, 2.75) is 26.7 Å². The Hall–Kier alpha value is -3.29. The molecule has 4 nitrogen and oxygen atoms in total. The first-order valence-corrected chi connectivity index (χ1v) is 10.4. The maximum atomic E-state index is 9.89. The topological polar surface area (TPSA) is 62.3 Å². The number of hydrogen-bond donors (Lipinski definition) is 1. The Morgan fingerprint density at radius 2 is 1.87 bits per heavy atom. The fourth-order valence-electron chi connectivity index (χ4n) is 4.36. The standard InChI is InChI=1S/C26H27N3O/c1-4-29-15-21(13-19-9-5-7-17(2)11-19)25-23(16-29)24(22(14-27)26(28)30-25)20-10-6-8-18(3)12-20/h5-13,24H,4,15-16,28H2,1-3H3/b21-13+/t24-/m0/s1. The summed E-state index contributed by atoms with van der Waals surface area (Å²) in [6.45, 7) is 8.80. The number of likely N-dealkylation sites (N-methyl/N-ethyl adjacent to an activating group) is 1. The van der Waals surface area contributed by atoms with E-state index in [1.165, 1.54) is 5.56 Å². The van der Waals surface area contributed by atoms with Crippen molar-refractivity contribution in [1.29, 1.82) is 5.26 Å². The van der Waals surface area contributed by atoms with Crippen LogP contribution in [-0.2, 0) is 4.74 Å². The molecule has 2 aromatic carbocycles. The zero-order valence-electron chi connectivity index (χ0n) is 17.8. The lowest BCUT2D eigenvalue weighted by Crippen LogP contribution is -2.38. The summed E-state index contributed by atoms with van der Waals surface area (Å²) in [6.07, 6.45) is 2.18. The van der Waals surface area contributed by atoms with E-state index >= 15 is 0 Å². The van der Waals surface area contributed by atoms with Gasteiger partial charge >= 0.3 is 0 Å². The number of benzene rings is 2. The molecule has 30 heavy (non-hydrogen) atoms. The molecule has 2 N–H and O–H groups in total. The second-order valence-corrected chi connectivity index (χ2v) is 8.08. The predicted molar refractivity (Wildman–Crippen MR) is 120 cm³/mol. The summed E-state index contributed by atoms with van der Waals surface area (Å²) in [5.41, 5.74) is 13.6. The molecule has 0 aromatic heterocycles. The quantitative estimate of drug-likeness (QED) is 0.809. The summed E-state index contributed by atoms with van der Waals surface area (Å²) < 4.78 is 6.10. The van der Waals surface area contributed by atoms with Gasteiger partial charge in [-0.05, 0) is 43.2 Å². The lowest BCUT2D eigenvalue weighted by atomic mass is 9.80. The molecule has 2 aliphatic heterocycles. The molecule has 152 valence electrons. The van der Waals surface area contributed by atoms with Gasteiger partial charge in [-0.15, -0.1) is 0 Å². The average Bonchev–Trinajstić information content (AvgIpc) is 2.73. The number of aryl methyl sites for hydroxylation is 2. The molecular formula is C26H27N3O. The molecule has 4 rings (SSSR count). The van der Waals surface area contributed by atoms with Crippen LogP contribution in [0, 0.1) is 25.2 Å². The van der Waals surface area contributed by atoms with Gasteiger partial charge in [0.2, 0.25) is 5.88 Å². The number of hydrogen-bond acceptors (Lipinski definition) is 4. The molecule has 0 saturated carbocycles. The first-order valence-electron chi connectivity index (χ1n) is 10.4. The molecule has 0 spiro atoms. The Morgan fingerprint density at radius 3 is 2.53 bits per heavy atom. The molecule has 2 heterocycles. The number of ether oxygens (including phenoxy) is 1. The van der Waals surface area contributed by atoms with Crippen molar-refractivity contribution in [2.24, 2.45) is 5.73 Å². The van der Waals surface area contributed by atoms with Crippen LogP contribution in [0.15, 0.2) is 76.9 Å². The molecule has 0 fully saturated rings. The van der Waals surface area contributed by atoms with Gasteiger partial charge < -0.3 is 10.5 Å². The Morgan fingerprint density at radius 1 is 1.13 bits per heavy atom. The molecule has 1 atom stereocenters. The van der Waals surface area contributed by atoms with Crippen LogP contribution in [0.2, 0.25) is 0 Å². The Bertz CT molecular complexity index is 1120. The molecule has 0 aliphatic carbocycles. The molecule has 0 bridgehead atoms. The van der Waals surface area contributed by atoms with Crippen molar-refractivity contribution < 1.29 is 4.74 Å². The lowest BCUT2D eigenvalue weighted by molar-refractivity contribution is 0.239. The Kier molecular flexibility index (Phi) is 5.48. The Balaban J connectivity index is 1.89. The first-order chi connectivity index (χ1) is 14.5. The minimum absolute atomic E-state index is 0.186. The van der Waals surface area contributed by atoms with Gasteiger partial charge in [0.25, 0.3) is 0 Å². The minimum atomic E-state index is -0.186. The summed E-state index contributed by atoms with van der Waals surface area (Å²) in [5.74, 6) is 0.848. The monoisotopic (exact) mass is 397 g/mol. The highest BCUT2D eigenvalue weighted by molar-refractivity contribution is 5.63. The van der Waals surface area contributed by atoms with Crippen molar-refractivity contribution in [3.63, 3.8) is 0 Å². The van der Waals surface area contributed by atoms with E-state index in [4.69, 9.17) is 10.5 Å². The fraction of sp³-hybridized carbons (Fsp3) is 0.269. The summed E-state index contributed by atoms with van der Waals surface area (Å²) >= 11 is 0. The van der Waals surface area contributed by atoms with Gasteiger partial charge in [-0.1, -0.05) is 66.6 Å². The van der Waals surface area contributed by atoms with Crippen molar-refractivity contribution in [3.05, 3.63) is 99.1 Å². The molecule has 0 amide bonds. The van der Waals surface area contributed by atoms with Crippen LogP contribution in [0.3, 0.4) is 0 Å². The zero-order valence-corrected chi connectivity index (χ0v) is 17.8. The zero-order chi connectivity index (χ0) is 21.3. The van der Waals surface area contributed by atoms with Gasteiger partial charge in [0, 0.05) is 18.7 Å². The number of nitriles is 1. The molecule has 4 heteroatoms. The average molecular weight is 398 g/mol. The highest BCUT2D eigenvalue weighted by atomic mass is 16.5. The van der Waals surface area contributed by atoms with Crippen molar-refractivity contribution >= 4 is 6.08 Å². The van der Waals surface area contributed by atoms with E-state index in [2.05, 4.69) is 80.3 Å². The molecule has 2 aromatic rings. The van der Waals surface area contributed by atoms with Gasteiger partial charge in [-0.2, -0.15) is 5.26 Å². The second kappa shape index (κ2) is 8.22. The van der Waals surface area contributed by atoms with Crippen molar-refractivity contribution in [2.75, 3.05) is 19.6 Å². The normalized spacial score (nSPS) is 20.7. The summed E-state index contributed by atoms with van der Waals surface area (Å²) in [4.78, 5) is 2.38. The van der Waals surface area contributed by atoms with Gasteiger partial charge in [0.15, 0.2) is 0 Å². The van der Waals surface area contributed by atoms with E-state index in [0.29, 0.717) is 5.57 Å². The predicted octanol–water partition coefficient (Wildman–Crippen LogP) is 4.78. The number of nitrogens with zero attached hydrogens (tertiary/aromatic N) is 2. The van der Waals surface area contributed by atoms with E-state index in [1.807, 2.05) is 6.07 Å². The van der Waals surface area contributed by atoms with Gasteiger partial charge in [-0.3, -0.25) is 4.90 Å². The van der Waals surface area contributed by atoms with Gasteiger partial charge in [-0.25, -0.2) is 0 Å². The van der Waals surface area contributed by atoms with Crippen LogP contribution in [0.4, 0.5) is 0 Å². The molecular weight excluding hydrogens is 370 g/mol. The van der Waals surface area contributed by atoms with Crippen LogP contribution >= 0.6 is 0 Å². The molecule has 0 saturated heterocycles. The highest BCUT2D eigenvalue weighted by Crippen LogP contribution is 2.43. The van der Waals surface area contributed by atoms with E-state index in [9.17, 15) is 5.26 Å². The second-order valence-electron chi connectivity index (χ2n) is 8.08. The summed E-state index contributed by atoms with van der Waals surface area (Å²) in [5, 5.41) is 9.89. The molecule has 0 unspecified atom stereocenters. The number of rotatable bonds is 3. The van der Waals surface area contributed by atoms with Crippen LogP contribution < -0.4 is 5.73 Å². The summed E-state index contributed by atoms with van der Waals surface area (Å²) in [6, 6.07) is 19.1. The van der Waals surface area contributed by atoms with Crippen LogP contribution in [-0.4, -0.2) is 24.5 Å². The molecule has 2 aliphatic rings. The van der Waals surface area contributed by atoms with E-state index in [1.54, 1.807) is 0 Å². The van der Waals surface area contributed by atoms with E-state index < -0.39 is 0 Å². The SMILES string of the molecule is CCN1CC2=C(OC(N)=C(C#N)[C@@H]2c2cccc(C)c2)/C(=C/c2cccc(C)c2)C1.